The van der Waals surface area contributed by atoms with Crippen LogP contribution in [0.4, 0.5) is 11.6 Å². The van der Waals surface area contributed by atoms with Crippen molar-refractivity contribution >= 4 is 11.6 Å². The fourth-order valence-electron chi connectivity index (χ4n) is 4.07. The summed E-state index contributed by atoms with van der Waals surface area (Å²) in [6.07, 6.45) is 0. The number of nitrogens with two attached hydrogens (primary N) is 1. The molecule has 162 valence electrons. The molecule has 0 saturated carbocycles. The summed E-state index contributed by atoms with van der Waals surface area (Å²) in [7, 11) is 0. The van der Waals surface area contributed by atoms with Crippen molar-refractivity contribution < 1.29 is 9.15 Å². The van der Waals surface area contributed by atoms with E-state index in [4.69, 9.17) is 14.9 Å². The minimum atomic E-state index is -0.425. The Kier molecular flexibility index (Phi) is 5.29. The zero-order chi connectivity index (χ0) is 22.8. The number of nitriles is 1. The monoisotopic (exact) mass is 434 g/mol. The molecule has 3 aromatic carbocycles. The van der Waals surface area contributed by atoms with Gasteiger partial charge >= 0.3 is 0 Å². The summed E-state index contributed by atoms with van der Waals surface area (Å²) in [4.78, 5) is 6.39. The lowest BCUT2D eigenvalue weighted by Crippen LogP contribution is -2.31. The molecule has 0 spiro atoms. The number of ether oxygens (including phenoxy) is 1. The number of hydrogen-bond donors (Lipinski definition) is 1. The average Bonchev–Trinajstić information content (AvgIpc) is 3.24. The van der Waals surface area contributed by atoms with Crippen LogP contribution in [-0.4, -0.2) is 4.98 Å². The number of anilines is 2. The van der Waals surface area contributed by atoms with E-state index in [-0.39, 0.29) is 0 Å². The summed E-state index contributed by atoms with van der Waals surface area (Å²) in [5, 5.41) is 10.1. The van der Waals surface area contributed by atoms with Gasteiger partial charge in [0.2, 0.25) is 5.88 Å². The molecule has 4 aromatic rings. The molecule has 0 amide bonds. The minimum Gasteiger partial charge on any atom is -0.489 e. The van der Waals surface area contributed by atoms with Gasteiger partial charge in [-0.15, -0.1) is 0 Å². The van der Waals surface area contributed by atoms with Crippen LogP contribution in [0.2, 0.25) is 0 Å². The van der Waals surface area contributed by atoms with Gasteiger partial charge in [-0.2, -0.15) is 5.26 Å². The van der Waals surface area contributed by atoms with Gasteiger partial charge < -0.3 is 14.9 Å². The van der Waals surface area contributed by atoms with Crippen LogP contribution in [0.15, 0.2) is 101 Å². The molecule has 0 saturated heterocycles. The van der Waals surface area contributed by atoms with Crippen LogP contribution in [-0.2, 0) is 6.61 Å². The molecule has 6 heteroatoms. The van der Waals surface area contributed by atoms with E-state index >= 15 is 0 Å². The molecule has 0 radical (unpaired) electrons. The SMILES string of the molecule is Cc1nc2c(o1)N(c1ccccc1)C(N)=C(C#N)C2c1ccc(OCc2ccccc2)cc1. The van der Waals surface area contributed by atoms with Crippen LogP contribution in [0.25, 0.3) is 0 Å². The number of hydrogen-bond acceptors (Lipinski definition) is 6. The van der Waals surface area contributed by atoms with Crippen molar-refractivity contribution in [2.45, 2.75) is 19.4 Å². The molecule has 2 N–H and O–H groups in total. The topological polar surface area (TPSA) is 88.3 Å². The maximum atomic E-state index is 10.1. The van der Waals surface area contributed by atoms with Gasteiger partial charge in [-0.1, -0.05) is 60.7 Å². The maximum Gasteiger partial charge on any atom is 0.230 e. The fraction of sp³-hybridized carbons (Fsp3) is 0.111. The number of benzene rings is 3. The van der Waals surface area contributed by atoms with Crippen molar-refractivity contribution in [3.05, 3.63) is 119 Å². The summed E-state index contributed by atoms with van der Waals surface area (Å²) >= 11 is 0. The van der Waals surface area contributed by atoms with E-state index in [9.17, 15) is 5.26 Å². The standard InChI is InChI=1S/C27H22N4O2/c1-18-30-25-24(20-12-14-22(15-13-20)32-17-19-8-4-2-5-9-19)23(16-28)26(29)31(27(25)33-18)21-10-6-3-7-11-21/h2-15,24H,17,29H2,1H3. The third kappa shape index (κ3) is 3.81. The Hall–Kier alpha value is -4.50. The molecule has 1 aliphatic rings. The number of nitrogens with zero attached hydrogens (tertiary/aromatic N) is 3. The zero-order valence-electron chi connectivity index (χ0n) is 18.1. The number of aryl methyl sites for hydroxylation is 1. The van der Waals surface area contributed by atoms with Crippen molar-refractivity contribution in [3.63, 3.8) is 0 Å². The molecule has 0 bridgehead atoms. The van der Waals surface area contributed by atoms with Crippen molar-refractivity contribution in [2.75, 3.05) is 4.90 Å². The zero-order valence-corrected chi connectivity index (χ0v) is 18.1. The lowest BCUT2D eigenvalue weighted by atomic mass is 9.86. The highest BCUT2D eigenvalue weighted by atomic mass is 16.5. The smallest absolute Gasteiger partial charge is 0.230 e. The number of para-hydroxylation sites is 1. The maximum absolute atomic E-state index is 10.1. The fourth-order valence-corrected chi connectivity index (χ4v) is 4.07. The highest BCUT2D eigenvalue weighted by Crippen LogP contribution is 2.46. The molecule has 33 heavy (non-hydrogen) atoms. The van der Waals surface area contributed by atoms with Crippen molar-refractivity contribution in [2.24, 2.45) is 5.73 Å². The first kappa shape index (κ1) is 20.4. The third-order valence-electron chi connectivity index (χ3n) is 5.62. The largest absolute Gasteiger partial charge is 0.489 e. The second kappa shape index (κ2) is 8.56. The van der Waals surface area contributed by atoms with E-state index in [2.05, 4.69) is 11.1 Å². The predicted octanol–water partition coefficient (Wildman–Crippen LogP) is 5.54. The molecule has 1 atom stereocenters. The van der Waals surface area contributed by atoms with Crippen LogP contribution in [0.1, 0.15) is 28.6 Å². The first-order chi connectivity index (χ1) is 16.2. The van der Waals surface area contributed by atoms with Gasteiger partial charge in [0.15, 0.2) is 5.89 Å². The molecular weight excluding hydrogens is 412 g/mol. The Labute approximate surface area is 192 Å². The van der Waals surface area contributed by atoms with Gasteiger partial charge in [0.1, 0.15) is 23.9 Å². The van der Waals surface area contributed by atoms with Crippen molar-refractivity contribution in [1.29, 1.82) is 5.26 Å². The van der Waals surface area contributed by atoms with Gasteiger partial charge in [-0.25, -0.2) is 4.98 Å². The molecule has 6 nitrogen and oxygen atoms in total. The molecule has 0 aliphatic carbocycles. The summed E-state index contributed by atoms with van der Waals surface area (Å²) < 4.78 is 11.9. The molecule has 2 heterocycles. The summed E-state index contributed by atoms with van der Waals surface area (Å²) in [6.45, 7) is 2.28. The minimum absolute atomic E-state index is 0.335. The van der Waals surface area contributed by atoms with Crippen LogP contribution in [0.3, 0.4) is 0 Å². The summed E-state index contributed by atoms with van der Waals surface area (Å²) in [6, 6.07) is 29.6. The van der Waals surface area contributed by atoms with Crippen LogP contribution >= 0.6 is 0 Å². The number of allylic oxidation sites excluding steroid dienone is 1. The van der Waals surface area contributed by atoms with Crippen LogP contribution < -0.4 is 15.4 Å². The van der Waals surface area contributed by atoms with E-state index in [1.54, 1.807) is 11.8 Å². The average molecular weight is 434 g/mol. The molecule has 5 rings (SSSR count). The van der Waals surface area contributed by atoms with E-state index in [1.807, 2.05) is 84.9 Å². The lowest BCUT2D eigenvalue weighted by molar-refractivity contribution is 0.306. The second-order valence-corrected chi connectivity index (χ2v) is 7.78. The molecule has 0 fully saturated rings. The Morgan fingerprint density at radius 1 is 1.00 bits per heavy atom. The number of fused-ring (bicyclic) bond motifs is 1. The Morgan fingerprint density at radius 3 is 2.33 bits per heavy atom. The first-order valence-electron chi connectivity index (χ1n) is 10.6. The second-order valence-electron chi connectivity index (χ2n) is 7.78. The third-order valence-corrected chi connectivity index (χ3v) is 5.62. The van der Waals surface area contributed by atoms with Gasteiger partial charge in [0, 0.05) is 6.92 Å². The van der Waals surface area contributed by atoms with E-state index < -0.39 is 5.92 Å². The summed E-state index contributed by atoms with van der Waals surface area (Å²) in [5.74, 6) is 1.70. The highest BCUT2D eigenvalue weighted by Gasteiger charge is 2.38. The van der Waals surface area contributed by atoms with E-state index in [0.717, 1.165) is 22.6 Å². The predicted molar refractivity (Wildman–Crippen MR) is 126 cm³/mol. The first-order valence-corrected chi connectivity index (χ1v) is 10.6. The highest BCUT2D eigenvalue weighted by molar-refractivity contribution is 5.73. The van der Waals surface area contributed by atoms with Crippen LogP contribution in [0, 0.1) is 18.3 Å². The molecule has 1 aromatic heterocycles. The van der Waals surface area contributed by atoms with Gasteiger partial charge in [0.05, 0.1) is 23.2 Å². The van der Waals surface area contributed by atoms with Crippen molar-refractivity contribution in [1.82, 2.24) is 4.98 Å². The molecular formula is C27H22N4O2. The number of rotatable bonds is 5. The van der Waals surface area contributed by atoms with Gasteiger partial charge in [-0.05, 0) is 35.4 Å². The molecule has 1 aliphatic heterocycles. The quantitative estimate of drug-likeness (QED) is 0.444. The molecule has 1 unspecified atom stereocenters. The van der Waals surface area contributed by atoms with E-state index in [0.29, 0.717) is 35.5 Å². The Bertz CT molecular complexity index is 1340. The number of oxazole rings is 1. The van der Waals surface area contributed by atoms with E-state index in [1.165, 1.54) is 0 Å². The number of aromatic nitrogens is 1. The van der Waals surface area contributed by atoms with Gasteiger partial charge in [0.25, 0.3) is 0 Å². The Balaban J connectivity index is 1.50. The normalized spacial score (nSPS) is 15.2. The van der Waals surface area contributed by atoms with Crippen molar-refractivity contribution in [3.8, 4) is 11.8 Å². The lowest BCUT2D eigenvalue weighted by Gasteiger charge is -2.31. The van der Waals surface area contributed by atoms with Gasteiger partial charge in [-0.3, -0.25) is 4.90 Å². The Morgan fingerprint density at radius 2 is 1.67 bits per heavy atom. The summed E-state index contributed by atoms with van der Waals surface area (Å²) in [5.41, 5.74) is 10.4. The van der Waals surface area contributed by atoms with Crippen LogP contribution in [0.5, 0.6) is 5.75 Å².